The molecule has 0 heterocycles. The number of ether oxygens (including phenoxy) is 1. The summed E-state index contributed by atoms with van der Waals surface area (Å²) in [4.78, 5) is 0. The first-order valence-corrected chi connectivity index (χ1v) is 6.76. The molecule has 0 aliphatic heterocycles. The minimum absolute atomic E-state index is 0.232. The smallest absolute Gasteiger partial charge is 0.123 e. The second kappa shape index (κ2) is 6.53. The SMILES string of the molecule is CCC(O)c1ccc(OCc2ccc(F)cc2C)cc1. The highest BCUT2D eigenvalue weighted by atomic mass is 19.1. The van der Waals surface area contributed by atoms with E-state index < -0.39 is 6.10 Å². The number of rotatable bonds is 5. The third-order valence-electron chi connectivity index (χ3n) is 3.35. The summed E-state index contributed by atoms with van der Waals surface area (Å²) < 4.78 is 18.7. The number of hydrogen-bond donors (Lipinski definition) is 1. The lowest BCUT2D eigenvalue weighted by Gasteiger charge is -2.11. The zero-order valence-electron chi connectivity index (χ0n) is 11.8. The van der Waals surface area contributed by atoms with Gasteiger partial charge in [0.2, 0.25) is 0 Å². The Kier molecular flexibility index (Phi) is 4.74. The summed E-state index contributed by atoms with van der Waals surface area (Å²) in [7, 11) is 0. The molecule has 0 aliphatic carbocycles. The van der Waals surface area contributed by atoms with Crippen LogP contribution in [0.3, 0.4) is 0 Å². The van der Waals surface area contributed by atoms with Crippen molar-refractivity contribution in [2.45, 2.75) is 33.0 Å². The molecule has 2 nitrogen and oxygen atoms in total. The van der Waals surface area contributed by atoms with Gasteiger partial charge < -0.3 is 9.84 Å². The maximum absolute atomic E-state index is 13.0. The van der Waals surface area contributed by atoms with Crippen LogP contribution in [0.2, 0.25) is 0 Å². The van der Waals surface area contributed by atoms with Crippen LogP contribution < -0.4 is 4.74 Å². The van der Waals surface area contributed by atoms with Crippen LogP contribution in [0.4, 0.5) is 4.39 Å². The average molecular weight is 274 g/mol. The van der Waals surface area contributed by atoms with Gasteiger partial charge in [0, 0.05) is 0 Å². The highest BCUT2D eigenvalue weighted by Gasteiger charge is 2.05. The van der Waals surface area contributed by atoms with Crippen LogP contribution in [0.5, 0.6) is 5.75 Å². The lowest BCUT2D eigenvalue weighted by atomic mass is 10.1. The molecule has 106 valence electrons. The van der Waals surface area contributed by atoms with Crippen LogP contribution in [0, 0.1) is 12.7 Å². The average Bonchev–Trinajstić information content (AvgIpc) is 2.46. The van der Waals surface area contributed by atoms with E-state index in [2.05, 4.69) is 0 Å². The fourth-order valence-electron chi connectivity index (χ4n) is 2.00. The van der Waals surface area contributed by atoms with Gasteiger partial charge in [0.15, 0.2) is 0 Å². The van der Waals surface area contributed by atoms with Crippen molar-refractivity contribution in [3.63, 3.8) is 0 Å². The van der Waals surface area contributed by atoms with Gasteiger partial charge in [-0.15, -0.1) is 0 Å². The molecule has 20 heavy (non-hydrogen) atoms. The molecule has 0 saturated heterocycles. The maximum Gasteiger partial charge on any atom is 0.123 e. The molecule has 0 saturated carbocycles. The first-order valence-electron chi connectivity index (χ1n) is 6.76. The molecule has 1 atom stereocenters. The lowest BCUT2D eigenvalue weighted by Crippen LogP contribution is -1.99. The monoisotopic (exact) mass is 274 g/mol. The van der Waals surface area contributed by atoms with E-state index in [0.29, 0.717) is 13.0 Å². The Balaban J connectivity index is 2.00. The quantitative estimate of drug-likeness (QED) is 0.887. The van der Waals surface area contributed by atoms with E-state index in [-0.39, 0.29) is 5.82 Å². The molecule has 1 unspecified atom stereocenters. The van der Waals surface area contributed by atoms with Crippen molar-refractivity contribution < 1.29 is 14.2 Å². The van der Waals surface area contributed by atoms with Crippen LogP contribution in [0.15, 0.2) is 42.5 Å². The van der Waals surface area contributed by atoms with Crippen molar-refractivity contribution in [3.05, 3.63) is 65.0 Å². The first kappa shape index (κ1) is 14.5. The van der Waals surface area contributed by atoms with Gasteiger partial charge in [0.25, 0.3) is 0 Å². The second-order valence-electron chi connectivity index (χ2n) is 4.85. The Bertz CT molecular complexity index is 564. The Morgan fingerprint density at radius 2 is 1.85 bits per heavy atom. The zero-order valence-corrected chi connectivity index (χ0v) is 11.8. The van der Waals surface area contributed by atoms with E-state index in [9.17, 15) is 9.50 Å². The fourth-order valence-corrected chi connectivity index (χ4v) is 2.00. The standard InChI is InChI=1S/C17H19FO2/c1-3-17(19)13-5-8-16(9-6-13)20-11-14-4-7-15(18)10-12(14)2/h4-10,17,19H,3,11H2,1-2H3. The molecule has 0 amide bonds. The minimum atomic E-state index is -0.427. The van der Waals surface area contributed by atoms with Gasteiger partial charge in [-0.05, 0) is 54.3 Å². The van der Waals surface area contributed by atoms with Gasteiger partial charge in [-0.2, -0.15) is 0 Å². The van der Waals surface area contributed by atoms with Crippen LogP contribution in [-0.2, 0) is 6.61 Å². The van der Waals surface area contributed by atoms with Crippen molar-refractivity contribution in [2.75, 3.05) is 0 Å². The molecule has 2 aromatic rings. The van der Waals surface area contributed by atoms with E-state index in [1.54, 1.807) is 6.07 Å². The van der Waals surface area contributed by atoms with E-state index >= 15 is 0 Å². The molecule has 0 spiro atoms. The third kappa shape index (κ3) is 3.58. The summed E-state index contributed by atoms with van der Waals surface area (Å²) in [6.07, 6.45) is 0.262. The number of aryl methyl sites for hydroxylation is 1. The zero-order chi connectivity index (χ0) is 14.5. The molecule has 1 N–H and O–H groups in total. The lowest BCUT2D eigenvalue weighted by molar-refractivity contribution is 0.173. The molecule has 0 radical (unpaired) electrons. The fraction of sp³-hybridized carbons (Fsp3) is 0.294. The summed E-state index contributed by atoms with van der Waals surface area (Å²) in [6, 6.07) is 12.1. The van der Waals surface area contributed by atoms with Gasteiger partial charge in [-0.25, -0.2) is 4.39 Å². The summed E-state index contributed by atoms with van der Waals surface area (Å²) in [5.74, 6) is 0.505. The number of hydrogen-bond acceptors (Lipinski definition) is 2. The van der Waals surface area contributed by atoms with Crippen LogP contribution in [0.1, 0.15) is 36.1 Å². The minimum Gasteiger partial charge on any atom is -0.489 e. The van der Waals surface area contributed by atoms with Gasteiger partial charge in [0.05, 0.1) is 6.10 Å². The molecule has 2 aromatic carbocycles. The van der Waals surface area contributed by atoms with Gasteiger partial charge in [-0.1, -0.05) is 25.1 Å². The topological polar surface area (TPSA) is 29.5 Å². The molecule has 0 aliphatic rings. The number of aliphatic hydroxyl groups is 1. The van der Waals surface area contributed by atoms with E-state index in [0.717, 1.165) is 22.4 Å². The maximum atomic E-state index is 13.0. The molecule has 0 bridgehead atoms. The molecule has 0 fully saturated rings. The molecule has 0 aromatic heterocycles. The van der Waals surface area contributed by atoms with Crippen LogP contribution in [0.25, 0.3) is 0 Å². The van der Waals surface area contributed by atoms with Crippen LogP contribution in [-0.4, -0.2) is 5.11 Å². The Morgan fingerprint density at radius 1 is 1.15 bits per heavy atom. The van der Waals surface area contributed by atoms with Crippen molar-refractivity contribution in [3.8, 4) is 5.75 Å². The Hall–Kier alpha value is -1.87. The highest BCUT2D eigenvalue weighted by Crippen LogP contribution is 2.21. The van der Waals surface area contributed by atoms with E-state index in [4.69, 9.17) is 4.74 Å². The summed E-state index contributed by atoms with van der Waals surface area (Å²) in [5, 5.41) is 9.71. The first-order chi connectivity index (χ1) is 9.60. The van der Waals surface area contributed by atoms with Crippen molar-refractivity contribution in [1.29, 1.82) is 0 Å². The Morgan fingerprint density at radius 3 is 2.45 bits per heavy atom. The van der Waals surface area contributed by atoms with E-state index in [1.165, 1.54) is 12.1 Å². The Labute approximate surface area is 118 Å². The second-order valence-corrected chi connectivity index (χ2v) is 4.85. The molecule has 3 heteroatoms. The predicted molar refractivity (Wildman–Crippen MR) is 77.2 cm³/mol. The molecular formula is C17H19FO2. The van der Waals surface area contributed by atoms with E-state index in [1.807, 2.05) is 38.1 Å². The third-order valence-corrected chi connectivity index (χ3v) is 3.35. The number of aliphatic hydroxyl groups excluding tert-OH is 1. The van der Waals surface area contributed by atoms with Gasteiger partial charge >= 0.3 is 0 Å². The summed E-state index contributed by atoms with van der Waals surface area (Å²) >= 11 is 0. The normalized spacial score (nSPS) is 12.2. The largest absolute Gasteiger partial charge is 0.489 e. The van der Waals surface area contributed by atoms with Gasteiger partial charge in [0.1, 0.15) is 18.2 Å². The van der Waals surface area contributed by atoms with Gasteiger partial charge in [-0.3, -0.25) is 0 Å². The van der Waals surface area contributed by atoms with Crippen molar-refractivity contribution >= 4 is 0 Å². The van der Waals surface area contributed by atoms with Crippen molar-refractivity contribution in [2.24, 2.45) is 0 Å². The highest BCUT2D eigenvalue weighted by molar-refractivity contribution is 5.30. The predicted octanol–water partition coefficient (Wildman–Crippen LogP) is 4.16. The summed E-state index contributed by atoms with van der Waals surface area (Å²) in [5.41, 5.74) is 2.73. The van der Waals surface area contributed by atoms with Crippen LogP contribution >= 0.6 is 0 Å². The molecule has 2 rings (SSSR count). The molecular weight excluding hydrogens is 255 g/mol. The van der Waals surface area contributed by atoms with Crippen molar-refractivity contribution in [1.82, 2.24) is 0 Å². The number of benzene rings is 2. The summed E-state index contributed by atoms with van der Waals surface area (Å²) in [6.45, 7) is 4.21. The number of halogens is 1.